The van der Waals surface area contributed by atoms with Gasteiger partial charge in [0.05, 0.1) is 11.1 Å². The molecule has 3 rings (SSSR count). The SMILES string of the molecule is NC1C(=O)Nc2cc(OCC3CC3)c(Br)cc21. The maximum absolute atomic E-state index is 11.4. The van der Waals surface area contributed by atoms with E-state index in [1.807, 2.05) is 12.1 Å². The average molecular weight is 297 g/mol. The molecule has 0 saturated heterocycles. The molecule has 2 aliphatic rings. The van der Waals surface area contributed by atoms with Crippen LogP contribution in [0.1, 0.15) is 24.4 Å². The van der Waals surface area contributed by atoms with Crippen LogP contribution >= 0.6 is 15.9 Å². The van der Waals surface area contributed by atoms with E-state index in [1.165, 1.54) is 12.8 Å². The fourth-order valence-electron chi connectivity index (χ4n) is 1.89. The summed E-state index contributed by atoms with van der Waals surface area (Å²) >= 11 is 3.45. The summed E-state index contributed by atoms with van der Waals surface area (Å²) in [6.45, 7) is 0.747. The lowest BCUT2D eigenvalue weighted by Gasteiger charge is -2.10. The molecule has 1 heterocycles. The smallest absolute Gasteiger partial charge is 0.245 e. The number of halogens is 1. The highest BCUT2D eigenvalue weighted by molar-refractivity contribution is 9.10. The molecule has 0 bridgehead atoms. The topological polar surface area (TPSA) is 64.4 Å². The van der Waals surface area contributed by atoms with E-state index in [-0.39, 0.29) is 5.91 Å². The third kappa shape index (κ3) is 2.05. The van der Waals surface area contributed by atoms with E-state index in [2.05, 4.69) is 21.2 Å². The fraction of sp³-hybridized carbons (Fsp3) is 0.417. The van der Waals surface area contributed by atoms with Crippen molar-refractivity contribution in [1.82, 2.24) is 0 Å². The van der Waals surface area contributed by atoms with Crippen LogP contribution in [0.4, 0.5) is 5.69 Å². The lowest BCUT2D eigenvalue weighted by atomic mass is 10.1. The largest absolute Gasteiger partial charge is 0.492 e. The van der Waals surface area contributed by atoms with Gasteiger partial charge in [-0.25, -0.2) is 0 Å². The molecule has 1 saturated carbocycles. The molecule has 4 nitrogen and oxygen atoms in total. The molecule has 1 fully saturated rings. The number of benzene rings is 1. The Labute approximate surface area is 108 Å². The first-order chi connectivity index (χ1) is 8.15. The van der Waals surface area contributed by atoms with E-state index in [1.54, 1.807) is 0 Å². The molecule has 1 aromatic rings. The standard InChI is InChI=1S/C12H13BrN2O2/c13-8-3-7-9(15-12(16)11(7)14)4-10(8)17-5-6-1-2-6/h3-4,6,11H,1-2,5,14H2,(H,15,16). The van der Waals surface area contributed by atoms with Crippen molar-refractivity contribution in [2.24, 2.45) is 11.7 Å². The first-order valence-corrected chi connectivity index (χ1v) is 6.47. The van der Waals surface area contributed by atoms with Crippen LogP contribution < -0.4 is 15.8 Å². The zero-order valence-electron chi connectivity index (χ0n) is 9.20. The molecule has 17 heavy (non-hydrogen) atoms. The second-order valence-corrected chi connectivity index (χ2v) is 5.45. The van der Waals surface area contributed by atoms with Crippen LogP contribution in [0.5, 0.6) is 5.75 Å². The van der Waals surface area contributed by atoms with Crippen LogP contribution in [0.3, 0.4) is 0 Å². The summed E-state index contributed by atoms with van der Waals surface area (Å²) in [5.41, 5.74) is 7.35. The van der Waals surface area contributed by atoms with Crippen molar-refractivity contribution in [2.45, 2.75) is 18.9 Å². The minimum atomic E-state index is -0.571. The molecule has 0 spiro atoms. The molecule has 0 aromatic heterocycles. The molecule has 1 aromatic carbocycles. The number of ether oxygens (including phenoxy) is 1. The van der Waals surface area contributed by atoms with E-state index in [0.717, 1.165) is 28.1 Å². The van der Waals surface area contributed by atoms with Gasteiger partial charge >= 0.3 is 0 Å². The molecule has 1 amide bonds. The zero-order valence-corrected chi connectivity index (χ0v) is 10.8. The number of carbonyl (C=O) groups is 1. The van der Waals surface area contributed by atoms with Gasteiger partial charge in [-0.3, -0.25) is 4.79 Å². The van der Waals surface area contributed by atoms with Crippen molar-refractivity contribution < 1.29 is 9.53 Å². The highest BCUT2D eigenvalue weighted by Crippen LogP contribution is 2.39. The quantitative estimate of drug-likeness (QED) is 0.899. The van der Waals surface area contributed by atoms with Gasteiger partial charge in [-0.05, 0) is 40.8 Å². The molecule has 1 unspecified atom stereocenters. The Bertz CT molecular complexity index is 486. The van der Waals surface area contributed by atoms with Gasteiger partial charge in [-0.2, -0.15) is 0 Å². The Morgan fingerprint density at radius 1 is 1.47 bits per heavy atom. The lowest BCUT2D eigenvalue weighted by Crippen LogP contribution is -2.19. The van der Waals surface area contributed by atoms with Crippen molar-refractivity contribution >= 4 is 27.5 Å². The summed E-state index contributed by atoms with van der Waals surface area (Å²) in [5.74, 6) is 1.31. The van der Waals surface area contributed by atoms with E-state index in [9.17, 15) is 4.79 Å². The Hall–Kier alpha value is -1.07. The van der Waals surface area contributed by atoms with E-state index < -0.39 is 6.04 Å². The molecule has 1 aliphatic carbocycles. The molecule has 1 aliphatic heterocycles. The number of nitrogens with two attached hydrogens (primary N) is 1. The van der Waals surface area contributed by atoms with Crippen LogP contribution in [0, 0.1) is 5.92 Å². The van der Waals surface area contributed by atoms with E-state index in [0.29, 0.717) is 5.92 Å². The third-order valence-electron chi connectivity index (χ3n) is 3.15. The Morgan fingerprint density at radius 2 is 2.24 bits per heavy atom. The minimum absolute atomic E-state index is 0.161. The molecule has 5 heteroatoms. The normalized spacial score (nSPS) is 22.2. The number of hydrogen-bond acceptors (Lipinski definition) is 3. The molecule has 3 N–H and O–H groups in total. The number of fused-ring (bicyclic) bond motifs is 1. The summed E-state index contributed by atoms with van der Waals surface area (Å²) in [5, 5.41) is 2.75. The van der Waals surface area contributed by atoms with Crippen molar-refractivity contribution in [3.63, 3.8) is 0 Å². The highest BCUT2D eigenvalue weighted by atomic mass is 79.9. The number of anilines is 1. The molecule has 1 atom stereocenters. The number of amides is 1. The number of carbonyl (C=O) groups excluding carboxylic acids is 1. The van der Waals surface area contributed by atoms with Gasteiger partial charge < -0.3 is 15.8 Å². The fourth-order valence-corrected chi connectivity index (χ4v) is 2.36. The Balaban J connectivity index is 1.86. The third-order valence-corrected chi connectivity index (χ3v) is 3.77. The predicted octanol–water partition coefficient (Wildman–Crippen LogP) is 2.19. The predicted molar refractivity (Wildman–Crippen MR) is 67.9 cm³/mol. The molecular weight excluding hydrogens is 284 g/mol. The summed E-state index contributed by atoms with van der Waals surface area (Å²) < 4.78 is 6.57. The second-order valence-electron chi connectivity index (χ2n) is 4.59. The average Bonchev–Trinajstić information content (AvgIpc) is 3.08. The van der Waals surface area contributed by atoms with Gasteiger partial charge in [0.25, 0.3) is 0 Å². The maximum atomic E-state index is 11.4. The number of hydrogen-bond donors (Lipinski definition) is 2. The van der Waals surface area contributed by atoms with Crippen LogP contribution in [0.15, 0.2) is 16.6 Å². The first-order valence-electron chi connectivity index (χ1n) is 5.68. The van der Waals surface area contributed by atoms with Gasteiger partial charge in [-0.1, -0.05) is 0 Å². The first kappa shape index (κ1) is 11.0. The monoisotopic (exact) mass is 296 g/mol. The van der Waals surface area contributed by atoms with Crippen LogP contribution in [-0.4, -0.2) is 12.5 Å². The van der Waals surface area contributed by atoms with E-state index >= 15 is 0 Å². The summed E-state index contributed by atoms with van der Waals surface area (Å²) in [6.07, 6.45) is 2.51. The summed E-state index contributed by atoms with van der Waals surface area (Å²) in [7, 11) is 0. The number of nitrogens with one attached hydrogen (secondary N) is 1. The van der Waals surface area contributed by atoms with Crippen molar-refractivity contribution in [3.8, 4) is 5.75 Å². The molecular formula is C12H13BrN2O2. The summed E-state index contributed by atoms with van der Waals surface area (Å²) in [4.78, 5) is 11.4. The zero-order chi connectivity index (χ0) is 12.0. The van der Waals surface area contributed by atoms with Gasteiger partial charge in [0.15, 0.2) is 0 Å². The van der Waals surface area contributed by atoms with E-state index in [4.69, 9.17) is 10.5 Å². The maximum Gasteiger partial charge on any atom is 0.245 e. The molecule has 90 valence electrons. The van der Waals surface area contributed by atoms with Gasteiger partial charge in [0, 0.05) is 17.3 Å². The Kier molecular flexibility index (Phi) is 2.60. The number of rotatable bonds is 3. The van der Waals surface area contributed by atoms with Crippen molar-refractivity contribution in [2.75, 3.05) is 11.9 Å². The van der Waals surface area contributed by atoms with Gasteiger partial charge in [0.1, 0.15) is 11.8 Å². The summed E-state index contributed by atoms with van der Waals surface area (Å²) in [6, 6.07) is 3.13. The highest BCUT2D eigenvalue weighted by Gasteiger charge is 2.29. The Morgan fingerprint density at radius 3 is 2.94 bits per heavy atom. The van der Waals surface area contributed by atoms with Gasteiger partial charge in [-0.15, -0.1) is 0 Å². The van der Waals surface area contributed by atoms with Crippen LogP contribution in [0.2, 0.25) is 0 Å². The van der Waals surface area contributed by atoms with Crippen molar-refractivity contribution in [3.05, 3.63) is 22.2 Å². The van der Waals surface area contributed by atoms with Crippen LogP contribution in [-0.2, 0) is 4.79 Å². The lowest BCUT2D eigenvalue weighted by molar-refractivity contribution is -0.116. The second kappa shape index (κ2) is 3.99. The minimum Gasteiger partial charge on any atom is -0.492 e. The van der Waals surface area contributed by atoms with Crippen molar-refractivity contribution in [1.29, 1.82) is 0 Å². The van der Waals surface area contributed by atoms with Gasteiger partial charge in [0.2, 0.25) is 5.91 Å². The molecule has 0 radical (unpaired) electrons. The van der Waals surface area contributed by atoms with Crippen LogP contribution in [0.25, 0.3) is 0 Å².